The fourth-order valence-electron chi connectivity index (χ4n) is 3.95. The number of carboxylic acid groups (broad SMARTS) is 4. The predicted molar refractivity (Wildman–Crippen MR) is 151 cm³/mol. The second kappa shape index (κ2) is 16.3. The number of nitrogens with one attached hydrogen (secondary N) is 1. The molecule has 0 aromatic carbocycles. The van der Waals surface area contributed by atoms with Gasteiger partial charge in [0.05, 0.1) is 35.9 Å². The first-order chi connectivity index (χ1) is 20.0. The number of nitrogens with zero attached hydrogens (tertiary/aromatic N) is 5. The highest BCUT2D eigenvalue weighted by Gasteiger charge is 2.18. The Hall–Kier alpha value is -4.95. The first-order valence-electron chi connectivity index (χ1n) is 13.0. The Morgan fingerprint density at radius 1 is 0.643 bits per heavy atom. The number of anilines is 1. The van der Waals surface area contributed by atoms with Gasteiger partial charge in [-0.2, -0.15) is 0 Å². The van der Waals surface area contributed by atoms with Crippen LogP contribution in [0.25, 0.3) is 0 Å². The molecule has 0 bridgehead atoms. The minimum absolute atomic E-state index is 0.0325. The maximum atomic E-state index is 11.5. The number of hydrogen-bond donors (Lipinski definition) is 5. The van der Waals surface area contributed by atoms with Crippen LogP contribution in [0.5, 0.6) is 0 Å². The highest BCUT2D eigenvalue weighted by molar-refractivity contribution is 5.86. The van der Waals surface area contributed by atoms with Crippen LogP contribution >= 0.6 is 0 Å². The molecule has 0 radical (unpaired) electrons. The van der Waals surface area contributed by atoms with Gasteiger partial charge < -0.3 is 25.7 Å². The van der Waals surface area contributed by atoms with E-state index in [-0.39, 0.29) is 50.7 Å². The summed E-state index contributed by atoms with van der Waals surface area (Å²) in [6, 6.07) is 12.6. The van der Waals surface area contributed by atoms with Crippen molar-refractivity contribution in [2.75, 3.05) is 25.5 Å². The molecular weight excluding hydrogens is 548 g/mol. The van der Waals surface area contributed by atoms with Crippen molar-refractivity contribution < 1.29 is 39.6 Å². The summed E-state index contributed by atoms with van der Waals surface area (Å²) in [6.07, 6.45) is 0. The second-order valence-electron chi connectivity index (χ2n) is 8.80. The van der Waals surface area contributed by atoms with E-state index in [1.54, 1.807) is 37.4 Å². The lowest BCUT2D eigenvalue weighted by Gasteiger charge is -2.22. The molecule has 3 aromatic heterocycles. The number of hydrogen-bond acceptors (Lipinski definition) is 10. The van der Waals surface area contributed by atoms with Gasteiger partial charge in [0.2, 0.25) is 0 Å². The van der Waals surface area contributed by atoms with Gasteiger partial charge in [-0.15, -0.1) is 0 Å². The minimum Gasteiger partial charge on any atom is -0.480 e. The van der Waals surface area contributed by atoms with Crippen LogP contribution in [-0.2, 0) is 35.8 Å². The van der Waals surface area contributed by atoms with Crippen molar-refractivity contribution in [2.24, 2.45) is 0 Å². The fraction of sp³-hybridized carbons (Fsp3) is 0.321. The normalized spacial score (nSPS) is 10.6. The third kappa shape index (κ3) is 10.9. The maximum absolute atomic E-state index is 11.5. The lowest BCUT2D eigenvalue weighted by molar-refractivity contribution is -0.139. The Labute approximate surface area is 242 Å². The van der Waals surface area contributed by atoms with Crippen molar-refractivity contribution in [1.29, 1.82) is 0 Å². The van der Waals surface area contributed by atoms with E-state index in [9.17, 15) is 39.6 Å². The van der Waals surface area contributed by atoms with Gasteiger partial charge in [0, 0.05) is 38.9 Å². The van der Waals surface area contributed by atoms with Crippen molar-refractivity contribution in [3.63, 3.8) is 0 Å². The van der Waals surface area contributed by atoms with E-state index >= 15 is 0 Å². The zero-order chi connectivity index (χ0) is 31.2. The first kappa shape index (κ1) is 33.3. The summed E-state index contributed by atoms with van der Waals surface area (Å²) in [6.45, 7) is 3.57. The Morgan fingerprint density at radius 3 is 1.52 bits per heavy atom. The van der Waals surface area contributed by atoms with Crippen molar-refractivity contribution in [2.45, 2.75) is 40.0 Å². The van der Waals surface area contributed by atoms with Crippen LogP contribution in [0.4, 0.5) is 5.69 Å². The van der Waals surface area contributed by atoms with Crippen LogP contribution < -0.4 is 5.32 Å². The molecule has 42 heavy (non-hydrogen) atoms. The number of aliphatic carboxylic acids is 2. The maximum Gasteiger partial charge on any atom is 0.354 e. The average Bonchev–Trinajstić information content (AvgIpc) is 2.93. The fourth-order valence-corrected chi connectivity index (χ4v) is 3.95. The average molecular weight is 583 g/mol. The van der Waals surface area contributed by atoms with E-state index in [2.05, 4.69) is 20.3 Å². The van der Waals surface area contributed by atoms with E-state index < -0.39 is 23.9 Å². The van der Waals surface area contributed by atoms with Crippen LogP contribution in [-0.4, -0.2) is 89.2 Å². The molecule has 3 aromatic rings. The Kier molecular flexibility index (Phi) is 12.9. The van der Waals surface area contributed by atoms with Crippen LogP contribution in [0.3, 0.4) is 0 Å². The van der Waals surface area contributed by atoms with Gasteiger partial charge in [0.25, 0.3) is 0 Å². The first-order valence-corrected chi connectivity index (χ1v) is 13.0. The zero-order valence-corrected chi connectivity index (χ0v) is 23.5. The molecule has 3 heterocycles. The van der Waals surface area contributed by atoms with E-state index in [4.69, 9.17) is 0 Å². The Bertz CT molecular complexity index is 1400. The van der Waals surface area contributed by atoms with Crippen LogP contribution in [0.2, 0.25) is 0 Å². The van der Waals surface area contributed by atoms with E-state index in [1.807, 2.05) is 13.8 Å². The molecule has 0 saturated carbocycles. The van der Waals surface area contributed by atoms with Crippen molar-refractivity contribution >= 4 is 29.6 Å². The number of pyridine rings is 3. The SMILES string of the molecule is CC.CNc1cc(CN(CC(=O)O)Cc2cccc(CN(CC(=O)O)Cc3cccc(C(=O)O)n3)n2)nc(C(=O)O)c1. The largest absolute Gasteiger partial charge is 0.480 e. The zero-order valence-electron chi connectivity index (χ0n) is 23.5. The second-order valence-corrected chi connectivity index (χ2v) is 8.80. The van der Waals surface area contributed by atoms with Gasteiger partial charge in [0.1, 0.15) is 5.69 Å². The summed E-state index contributed by atoms with van der Waals surface area (Å²) >= 11 is 0. The van der Waals surface area contributed by atoms with Gasteiger partial charge in [-0.1, -0.05) is 26.0 Å². The van der Waals surface area contributed by atoms with Crippen molar-refractivity contribution in [3.8, 4) is 0 Å². The molecule has 0 saturated heterocycles. The number of aromatic carboxylic acids is 2. The molecule has 0 aliphatic heterocycles. The third-order valence-electron chi connectivity index (χ3n) is 5.54. The highest BCUT2D eigenvalue weighted by atomic mass is 16.4. The van der Waals surface area contributed by atoms with Crippen LogP contribution in [0, 0.1) is 0 Å². The highest BCUT2D eigenvalue weighted by Crippen LogP contribution is 2.15. The molecule has 14 nitrogen and oxygen atoms in total. The van der Waals surface area contributed by atoms with Crippen molar-refractivity contribution in [3.05, 3.63) is 82.7 Å². The standard InChI is InChI=1S/C26H28N6O8.C2H6/c1-27-19-8-20(30-22(9-19)26(39)40)13-32(15-24(35)36)11-17-5-2-4-16(28-17)10-31(14-23(33)34)12-18-6-3-7-21(29-18)25(37)38;1-2/h2-9H,10-15H2,1H3,(H,27,30)(H,33,34)(H,35,36)(H,37,38)(H,39,40);1-2H3. The number of rotatable bonds is 15. The van der Waals surface area contributed by atoms with Crippen LogP contribution in [0.15, 0.2) is 48.5 Å². The van der Waals surface area contributed by atoms with Gasteiger partial charge in [0.15, 0.2) is 5.69 Å². The molecule has 0 unspecified atom stereocenters. The lowest BCUT2D eigenvalue weighted by atomic mass is 10.2. The van der Waals surface area contributed by atoms with E-state index in [0.29, 0.717) is 28.5 Å². The molecular formula is C28H34N6O8. The Morgan fingerprint density at radius 2 is 1.07 bits per heavy atom. The molecule has 3 rings (SSSR count). The van der Waals surface area contributed by atoms with Crippen LogP contribution in [0.1, 0.15) is 57.6 Å². The topological polar surface area (TPSA) is 206 Å². The quantitative estimate of drug-likeness (QED) is 0.175. The lowest BCUT2D eigenvalue weighted by Crippen LogP contribution is -2.31. The molecule has 0 spiro atoms. The molecule has 14 heteroatoms. The van der Waals surface area contributed by atoms with E-state index in [1.165, 1.54) is 28.0 Å². The Balaban J connectivity index is 0.00000301. The summed E-state index contributed by atoms with van der Waals surface area (Å²) in [5.41, 5.74) is 1.91. The molecule has 0 fully saturated rings. The molecule has 5 N–H and O–H groups in total. The number of aromatic nitrogens is 3. The number of carboxylic acids is 4. The van der Waals surface area contributed by atoms with Gasteiger partial charge in [-0.05, 0) is 36.4 Å². The minimum atomic E-state index is -1.21. The molecule has 0 aliphatic carbocycles. The van der Waals surface area contributed by atoms with E-state index in [0.717, 1.165) is 0 Å². The predicted octanol–water partition coefficient (Wildman–Crippen LogP) is 2.51. The monoisotopic (exact) mass is 582 g/mol. The summed E-state index contributed by atoms with van der Waals surface area (Å²) < 4.78 is 0. The van der Waals surface area contributed by atoms with Gasteiger partial charge >= 0.3 is 23.9 Å². The third-order valence-corrected chi connectivity index (χ3v) is 5.54. The summed E-state index contributed by atoms with van der Waals surface area (Å²) in [5.74, 6) is -4.59. The van der Waals surface area contributed by atoms with Gasteiger partial charge in [-0.3, -0.25) is 24.4 Å². The molecule has 0 amide bonds. The molecule has 0 aliphatic rings. The molecule has 224 valence electrons. The molecule has 0 atom stereocenters. The summed E-state index contributed by atoms with van der Waals surface area (Å²) in [7, 11) is 1.63. The smallest absolute Gasteiger partial charge is 0.354 e. The van der Waals surface area contributed by atoms with Gasteiger partial charge in [-0.25, -0.2) is 19.6 Å². The number of carbonyl (C=O) groups is 4. The summed E-state index contributed by atoms with van der Waals surface area (Å²) in [4.78, 5) is 61.5. The van der Waals surface area contributed by atoms with Crippen molar-refractivity contribution in [1.82, 2.24) is 24.8 Å². The summed E-state index contributed by atoms with van der Waals surface area (Å²) in [5, 5.41) is 40.2.